The van der Waals surface area contributed by atoms with Crippen LogP contribution >= 0.6 is 0 Å². The molecule has 1 rings (SSSR count). The van der Waals surface area contributed by atoms with Crippen molar-refractivity contribution in [1.29, 1.82) is 0 Å². The number of nitrogens with zero attached hydrogens (tertiary/aromatic N) is 1. The number of hydrogen-bond acceptors (Lipinski definition) is 4. The molecule has 0 saturated carbocycles. The number of ether oxygens (including phenoxy) is 1. The average Bonchev–Trinajstić information content (AvgIpc) is 2.36. The van der Waals surface area contributed by atoms with E-state index in [1.54, 1.807) is 0 Å². The lowest BCUT2D eigenvalue weighted by molar-refractivity contribution is -0.150. The summed E-state index contributed by atoms with van der Waals surface area (Å²) < 4.78 is 5.13. The van der Waals surface area contributed by atoms with Gasteiger partial charge in [-0.15, -0.1) is 0 Å². The molecule has 1 aliphatic heterocycles. The minimum Gasteiger partial charge on any atom is -0.465 e. The Labute approximate surface area is 111 Å². The highest BCUT2D eigenvalue weighted by atomic mass is 16.5. The molecule has 0 aromatic rings. The van der Waals surface area contributed by atoms with E-state index in [9.17, 15) is 4.79 Å². The van der Waals surface area contributed by atoms with Gasteiger partial charge in [0.25, 0.3) is 0 Å². The van der Waals surface area contributed by atoms with Gasteiger partial charge in [-0.3, -0.25) is 9.69 Å². The van der Waals surface area contributed by atoms with Crippen LogP contribution in [-0.2, 0) is 9.53 Å². The predicted octanol–water partition coefficient (Wildman–Crippen LogP) is 1.65. The topological polar surface area (TPSA) is 41.6 Å². The van der Waals surface area contributed by atoms with E-state index >= 15 is 0 Å². The van der Waals surface area contributed by atoms with Crippen LogP contribution < -0.4 is 5.32 Å². The van der Waals surface area contributed by atoms with Crippen LogP contribution in [0.15, 0.2) is 0 Å². The van der Waals surface area contributed by atoms with E-state index in [1.807, 2.05) is 13.8 Å². The number of rotatable bonds is 6. The number of carbonyl (C=O) groups is 1. The highest BCUT2D eigenvalue weighted by Crippen LogP contribution is 2.16. The van der Waals surface area contributed by atoms with Gasteiger partial charge < -0.3 is 10.1 Å². The van der Waals surface area contributed by atoms with Gasteiger partial charge in [-0.1, -0.05) is 0 Å². The van der Waals surface area contributed by atoms with Crippen LogP contribution in [0.25, 0.3) is 0 Å². The maximum atomic E-state index is 11.9. The van der Waals surface area contributed by atoms with Gasteiger partial charge in [-0.05, 0) is 59.5 Å². The monoisotopic (exact) mass is 256 g/mol. The van der Waals surface area contributed by atoms with Gasteiger partial charge in [0.05, 0.1) is 6.61 Å². The molecule has 18 heavy (non-hydrogen) atoms. The van der Waals surface area contributed by atoms with Gasteiger partial charge in [-0.25, -0.2) is 0 Å². The van der Waals surface area contributed by atoms with Crippen LogP contribution in [-0.4, -0.2) is 49.2 Å². The maximum Gasteiger partial charge on any atom is 0.323 e. The summed E-state index contributed by atoms with van der Waals surface area (Å²) in [5.41, 5.74) is 0. The van der Waals surface area contributed by atoms with Crippen molar-refractivity contribution < 1.29 is 9.53 Å². The fraction of sp³-hybridized carbons (Fsp3) is 0.929. The zero-order valence-electron chi connectivity index (χ0n) is 12.2. The molecular weight excluding hydrogens is 228 g/mol. The summed E-state index contributed by atoms with van der Waals surface area (Å²) in [6.45, 7) is 11.7. The highest BCUT2D eigenvalue weighted by Gasteiger charge is 2.27. The molecule has 1 aliphatic rings. The Hall–Kier alpha value is -0.610. The first-order chi connectivity index (χ1) is 8.56. The third-order valence-electron chi connectivity index (χ3n) is 3.66. The van der Waals surface area contributed by atoms with Gasteiger partial charge in [0.1, 0.15) is 6.04 Å². The highest BCUT2D eigenvalue weighted by molar-refractivity contribution is 5.75. The first-order valence-electron chi connectivity index (χ1n) is 7.19. The Morgan fingerprint density at radius 1 is 1.44 bits per heavy atom. The van der Waals surface area contributed by atoms with Gasteiger partial charge >= 0.3 is 5.97 Å². The van der Waals surface area contributed by atoms with Crippen molar-refractivity contribution in [3.63, 3.8) is 0 Å². The lowest BCUT2D eigenvalue weighted by atomic mass is 9.98. The van der Waals surface area contributed by atoms with Crippen molar-refractivity contribution in [1.82, 2.24) is 10.2 Å². The molecule has 2 atom stereocenters. The third kappa shape index (κ3) is 4.58. The largest absolute Gasteiger partial charge is 0.465 e. The molecule has 0 aromatic heterocycles. The van der Waals surface area contributed by atoms with Gasteiger partial charge in [0.15, 0.2) is 0 Å². The molecule has 1 saturated heterocycles. The molecule has 4 nitrogen and oxygen atoms in total. The smallest absolute Gasteiger partial charge is 0.323 e. The van der Waals surface area contributed by atoms with Crippen molar-refractivity contribution >= 4 is 5.97 Å². The predicted molar refractivity (Wildman–Crippen MR) is 73.5 cm³/mol. The molecule has 0 radical (unpaired) electrons. The Morgan fingerprint density at radius 3 is 2.67 bits per heavy atom. The maximum absolute atomic E-state index is 11.9. The van der Waals surface area contributed by atoms with Crippen LogP contribution in [0.5, 0.6) is 0 Å². The molecule has 1 fully saturated rings. The third-order valence-corrected chi connectivity index (χ3v) is 3.66. The summed E-state index contributed by atoms with van der Waals surface area (Å²) in [5, 5.41) is 3.43. The van der Waals surface area contributed by atoms with Crippen LogP contribution in [0.2, 0.25) is 0 Å². The van der Waals surface area contributed by atoms with Crippen molar-refractivity contribution in [3.8, 4) is 0 Å². The molecule has 2 unspecified atom stereocenters. The molecule has 1 heterocycles. The first-order valence-corrected chi connectivity index (χ1v) is 7.19. The summed E-state index contributed by atoms with van der Waals surface area (Å²) in [7, 11) is 0. The quantitative estimate of drug-likeness (QED) is 0.734. The number of hydrogen-bond donors (Lipinski definition) is 1. The lowest BCUT2D eigenvalue weighted by Crippen LogP contribution is -2.48. The standard InChI is InChI=1S/C14H28N2O2/c1-5-18-14(17)12(4)16(11(2)3)10-13-7-6-8-15-9-13/h11-13,15H,5-10H2,1-4H3. The zero-order valence-corrected chi connectivity index (χ0v) is 12.2. The summed E-state index contributed by atoms with van der Waals surface area (Å²) in [4.78, 5) is 14.1. The van der Waals surface area contributed by atoms with E-state index < -0.39 is 0 Å². The average molecular weight is 256 g/mol. The zero-order chi connectivity index (χ0) is 13.5. The van der Waals surface area contributed by atoms with Crippen molar-refractivity contribution in [2.75, 3.05) is 26.2 Å². The molecule has 0 spiro atoms. The second-order valence-corrected chi connectivity index (χ2v) is 5.43. The normalized spacial score (nSPS) is 22.2. The number of esters is 1. The minimum absolute atomic E-state index is 0.102. The van der Waals surface area contributed by atoms with E-state index in [1.165, 1.54) is 12.8 Å². The van der Waals surface area contributed by atoms with Crippen molar-refractivity contribution in [3.05, 3.63) is 0 Å². The number of nitrogens with one attached hydrogen (secondary N) is 1. The Kier molecular flexibility index (Phi) is 6.65. The molecule has 0 aromatic carbocycles. The molecule has 106 valence electrons. The number of carbonyl (C=O) groups excluding carboxylic acids is 1. The molecule has 4 heteroatoms. The summed E-state index contributed by atoms with van der Waals surface area (Å²) in [6, 6.07) is 0.221. The molecule has 1 N–H and O–H groups in total. The van der Waals surface area contributed by atoms with E-state index in [-0.39, 0.29) is 12.0 Å². The lowest BCUT2D eigenvalue weighted by Gasteiger charge is -2.35. The van der Waals surface area contributed by atoms with E-state index in [0.29, 0.717) is 18.6 Å². The van der Waals surface area contributed by atoms with Crippen molar-refractivity contribution in [2.45, 2.75) is 52.6 Å². The summed E-state index contributed by atoms with van der Waals surface area (Å²) >= 11 is 0. The fourth-order valence-electron chi connectivity index (χ4n) is 2.59. The van der Waals surface area contributed by atoms with Gasteiger partial charge in [0, 0.05) is 12.6 Å². The van der Waals surface area contributed by atoms with Crippen molar-refractivity contribution in [2.24, 2.45) is 5.92 Å². The summed E-state index contributed by atoms with van der Waals surface area (Å²) in [6.07, 6.45) is 2.50. The van der Waals surface area contributed by atoms with E-state index in [0.717, 1.165) is 19.6 Å². The van der Waals surface area contributed by atoms with Crippen LogP contribution in [0, 0.1) is 5.92 Å². The second-order valence-electron chi connectivity index (χ2n) is 5.43. The van der Waals surface area contributed by atoms with Crippen LogP contribution in [0.3, 0.4) is 0 Å². The van der Waals surface area contributed by atoms with E-state index in [2.05, 4.69) is 24.1 Å². The minimum atomic E-state index is -0.146. The number of piperidine rings is 1. The molecule has 0 aliphatic carbocycles. The Morgan fingerprint density at radius 2 is 2.17 bits per heavy atom. The van der Waals surface area contributed by atoms with Gasteiger partial charge in [-0.2, -0.15) is 0 Å². The SMILES string of the molecule is CCOC(=O)C(C)N(CC1CCCNC1)C(C)C. The molecular formula is C14H28N2O2. The molecule has 0 bridgehead atoms. The second kappa shape index (κ2) is 7.74. The summed E-state index contributed by atoms with van der Waals surface area (Å²) in [5.74, 6) is 0.549. The van der Waals surface area contributed by atoms with Crippen LogP contribution in [0.4, 0.5) is 0 Å². The van der Waals surface area contributed by atoms with Crippen LogP contribution in [0.1, 0.15) is 40.5 Å². The molecule has 0 amide bonds. The first kappa shape index (κ1) is 15.4. The van der Waals surface area contributed by atoms with E-state index in [4.69, 9.17) is 4.74 Å². The Balaban J connectivity index is 2.55. The van der Waals surface area contributed by atoms with Gasteiger partial charge in [0.2, 0.25) is 0 Å². The Bertz CT molecular complexity index is 250. The fourth-order valence-corrected chi connectivity index (χ4v) is 2.59.